The van der Waals surface area contributed by atoms with E-state index in [-0.39, 0.29) is 11.9 Å². The molecule has 0 bridgehead atoms. The van der Waals surface area contributed by atoms with E-state index < -0.39 is 0 Å². The summed E-state index contributed by atoms with van der Waals surface area (Å²) in [5.74, 6) is 0.000941. The van der Waals surface area contributed by atoms with E-state index in [4.69, 9.17) is 0 Å². The number of carbonyl (C=O) groups excluding carboxylic acids is 2. The summed E-state index contributed by atoms with van der Waals surface area (Å²) >= 11 is 0. The number of pyridine rings is 1. The Morgan fingerprint density at radius 2 is 1.75 bits per heavy atom. The highest BCUT2D eigenvalue weighted by molar-refractivity contribution is 5.94. The van der Waals surface area contributed by atoms with Crippen molar-refractivity contribution in [1.82, 2.24) is 20.1 Å². The molecule has 1 aromatic rings. The molecule has 1 N–H and O–H groups in total. The molecule has 1 aliphatic rings. The van der Waals surface area contributed by atoms with E-state index in [0.29, 0.717) is 38.3 Å². The lowest BCUT2D eigenvalue weighted by atomic mass is 10.2. The number of hydrogen-bond donors (Lipinski definition) is 1. The van der Waals surface area contributed by atoms with Crippen molar-refractivity contribution in [2.24, 2.45) is 0 Å². The normalized spacial score (nSPS) is 15.1. The maximum Gasteiger partial charge on any atom is 0.317 e. The number of carbonyl (C=O) groups is 2. The topological polar surface area (TPSA) is 65.5 Å². The smallest absolute Gasteiger partial charge is 0.317 e. The first kappa shape index (κ1) is 14.3. The standard InChI is InChI=1S/C14H20N4O2/c1-2-5-16-14(20)18-10-8-17(9-11-18)13(19)12-3-6-15-7-4-12/h3-4,6-7H,2,5,8-11H2,1H3,(H,16,20). The summed E-state index contributed by atoms with van der Waals surface area (Å²) in [6.07, 6.45) is 4.15. The number of nitrogens with zero attached hydrogens (tertiary/aromatic N) is 3. The van der Waals surface area contributed by atoms with Crippen molar-refractivity contribution < 1.29 is 9.59 Å². The third-order valence-corrected chi connectivity index (χ3v) is 3.31. The number of aromatic nitrogens is 1. The minimum absolute atomic E-state index is 0.000941. The molecule has 1 aliphatic heterocycles. The molecule has 2 rings (SSSR count). The zero-order valence-electron chi connectivity index (χ0n) is 11.7. The van der Waals surface area contributed by atoms with Gasteiger partial charge in [-0.3, -0.25) is 9.78 Å². The second-order valence-corrected chi connectivity index (χ2v) is 4.75. The highest BCUT2D eigenvalue weighted by Crippen LogP contribution is 2.08. The van der Waals surface area contributed by atoms with Gasteiger partial charge in [0.2, 0.25) is 0 Å². The van der Waals surface area contributed by atoms with Crippen molar-refractivity contribution >= 4 is 11.9 Å². The Labute approximate surface area is 118 Å². The van der Waals surface area contributed by atoms with Crippen molar-refractivity contribution in [1.29, 1.82) is 0 Å². The van der Waals surface area contributed by atoms with Crippen molar-refractivity contribution in [2.45, 2.75) is 13.3 Å². The molecule has 20 heavy (non-hydrogen) atoms. The second-order valence-electron chi connectivity index (χ2n) is 4.75. The van der Waals surface area contributed by atoms with Gasteiger partial charge in [-0.1, -0.05) is 6.92 Å². The summed E-state index contributed by atoms with van der Waals surface area (Å²) in [5.41, 5.74) is 0.642. The van der Waals surface area contributed by atoms with Crippen molar-refractivity contribution in [3.63, 3.8) is 0 Å². The lowest BCUT2D eigenvalue weighted by molar-refractivity contribution is 0.0665. The fourth-order valence-electron chi connectivity index (χ4n) is 2.13. The van der Waals surface area contributed by atoms with Gasteiger partial charge < -0.3 is 15.1 Å². The van der Waals surface area contributed by atoms with Gasteiger partial charge in [0.25, 0.3) is 5.91 Å². The van der Waals surface area contributed by atoms with E-state index >= 15 is 0 Å². The summed E-state index contributed by atoms with van der Waals surface area (Å²) in [6.45, 7) is 5.00. The van der Waals surface area contributed by atoms with Gasteiger partial charge in [-0.25, -0.2) is 4.79 Å². The SMILES string of the molecule is CCCNC(=O)N1CCN(C(=O)c2ccncc2)CC1. The van der Waals surface area contributed by atoms with E-state index in [2.05, 4.69) is 10.3 Å². The average molecular weight is 276 g/mol. The number of amides is 3. The van der Waals surface area contributed by atoms with Gasteiger partial charge >= 0.3 is 6.03 Å². The molecule has 1 saturated heterocycles. The predicted molar refractivity (Wildman–Crippen MR) is 75.4 cm³/mol. The third kappa shape index (κ3) is 3.46. The minimum atomic E-state index is -0.0390. The van der Waals surface area contributed by atoms with Crippen LogP contribution in [0.4, 0.5) is 4.79 Å². The fourth-order valence-corrected chi connectivity index (χ4v) is 2.13. The summed E-state index contributed by atoms with van der Waals surface area (Å²) in [5, 5.41) is 2.85. The Hall–Kier alpha value is -2.11. The zero-order chi connectivity index (χ0) is 14.4. The first-order valence-corrected chi connectivity index (χ1v) is 6.94. The van der Waals surface area contributed by atoms with Crippen molar-refractivity contribution in [3.8, 4) is 0 Å². The maximum absolute atomic E-state index is 12.2. The molecule has 0 spiro atoms. The Balaban J connectivity index is 1.85. The van der Waals surface area contributed by atoms with Crippen LogP contribution in [0.2, 0.25) is 0 Å². The van der Waals surface area contributed by atoms with E-state index in [0.717, 1.165) is 6.42 Å². The molecule has 108 valence electrons. The highest BCUT2D eigenvalue weighted by atomic mass is 16.2. The summed E-state index contributed by atoms with van der Waals surface area (Å²) in [6, 6.07) is 3.38. The van der Waals surface area contributed by atoms with Crippen LogP contribution in [0.5, 0.6) is 0 Å². The zero-order valence-corrected chi connectivity index (χ0v) is 11.7. The first-order valence-electron chi connectivity index (χ1n) is 6.94. The van der Waals surface area contributed by atoms with Crippen LogP contribution in [-0.2, 0) is 0 Å². The Bertz CT molecular complexity index is 456. The molecule has 2 heterocycles. The molecule has 6 nitrogen and oxygen atoms in total. The number of hydrogen-bond acceptors (Lipinski definition) is 3. The molecule has 0 aromatic carbocycles. The number of rotatable bonds is 3. The van der Waals surface area contributed by atoms with Gasteiger partial charge in [-0.05, 0) is 18.6 Å². The molecule has 0 atom stereocenters. The predicted octanol–water partition coefficient (Wildman–Crippen LogP) is 0.959. The number of nitrogens with one attached hydrogen (secondary N) is 1. The van der Waals surface area contributed by atoms with Crippen LogP contribution in [0.25, 0.3) is 0 Å². The Morgan fingerprint density at radius 3 is 2.35 bits per heavy atom. The Kier molecular flexibility index (Phi) is 4.92. The van der Waals surface area contributed by atoms with Gasteiger partial charge in [-0.2, -0.15) is 0 Å². The summed E-state index contributed by atoms with van der Waals surface area (Å²) in [7, 11) is 0. The number of urea groups is 1. The van der Waals surface area contributed by atoms with Crippen LogP contribution in [0, 0.1) is 0 Å². The minimum Gasteiger partial charge on any atom is -0.338 e. The molecule has 1 aromatic heterocycles. The molecule has 0 radical (unpaired) electrons. The van der Waals surface area contributed by atoms with Crippen molar-refractivity contribution in [2.75, 3.05) is 32.7 Å². The molecule has 1 fully saturated rings. The highest BCUT2D eigenvalue weighted by Gasteiger charge is 2.24. The molecular formula is C14H20N4O2. The summed E-state index contributed by atoms with van der Waals surface area (Å²) in [4.78, 5) is 31.5. The maximum atomic E-state index is 12.2. The molecule has 3 amide bonds. The molecule has 0 saturated carbocycles. The van der Waals surface area contributed by atoms with Crippen molar-refractivity contribution in [3.05, 3.63) is 30.1 Å². The average Bonchev–Trinajstić information content (AvgIpc) is 2.53. The van der Waals surface area contributed by atoms with Gasteiger partial charge in [-0.15, -0.1) is 0 Å². The van der Waals surface area contributed by atoms with E-state index in [9.17, 15) is 9.59 Å². The molecule has 0 unspecified atom stereocenters. The first-order chi connectivity index (χ1) is 9.72. The van der Waals surface area contributed by atoms with Crippen LogP contribution in [-0.4, -0.2) is 59.4 Å². The molecule has 6 heteroatoms. The van der Waals surface area contributed by atoms with Crippen LogP contribution >= 0.6 is 0 Å². The quantitative estimate of drug-likeness (QED) is 0.894. The van der Waals surface area contributed by atoms with Crippen LogP contribution < -0.4 is 5.32 Å². The molecule has 0 aliphatic carbocycles. The van der Waals surface area contributed by atoms with Gasteiger partial charge in [0.05, 0.1) is 0 Å². The van der Waals surface area contributed by atoms with E-state index in [1.807, 2.05) is 6.92 Å². The lowest BCUT2D eigenvalue weighted by Gasteiger charge is -2.34. The Morgan fingerprint density at radius 1 is 1.15 bits per heavy atom. The second kappa shape index (κ2) is 6.88. The molecular weight excluding hydrogens is 256 g/mol. The van der Waals surface area contributed by atoms with E-state index in [1.165, 1.54) is 0 Å². The van der Waals surface area contributed by atoms with Gasteiger partial charge in [0.1, 0.15) is 0 Å². The third-order valence-electron chi connectivity index (χ3n) is 3.31. The van der Waals surface area contributed by atoms with Crippen LogP contribution in [0.15, 0.2) is 24.5 Å². The van der Waals surface area contributed by atoms with E-state index in [1.54, 1.807) is 34.3 Å². The van der Waals surface area contributed by atoms with Gasteiger partial charge in [0.15, 0.2) is 0 Å². The number of piperazine rings is 1. The van der Waals surface area contributed by atoms with Crippen LogP contribution in [0.1, 0.15) is 23.7 Å². The van der Waals surface area contributed by atoms with Gasteiger partial charge in [0, 0.05) is 50.7 Å². The van der Waals surface area contributed by atoms with Crippen LogP contribution in [0.3, 0.4) is 0 Å². The monoisotopic (exact) mass is 276 g/mol. The largest absolute Gasteiger partial charge is 0.338 e. The summed E-state index contributed by atoms with van der Waals surface area (Å²) < 4.78 is 0. The fraction of sp³-hybridized carbons (Fsp3) is 0.500. The lowest BCUT2D eigenvalue weighted by Crippen LogP contribution is -2.53.